The number of carbonyl (C=O) groups is 2. The minimum absolute atomic E-state index is 0.0120. The van der Waals surface area contributed by atoms with Crippen molar-refractivity contribution in [3.05, 3.63) is 33.8 Å². The van der Waals surface area contributed by atoms with Crippen molar-refractivity contribution in [1.29, 1.82) is 0 Å². The molecule has 0 aliphatic heterocycles. The van der Waals surface area contributed by atoms with E-state index in [9.17, 15) is 9.59 Å². The molecule has 1 atom stereocenters. The molecule has 0 radical (unpaired) electrons. The highest BCUT2D eigenvalue weighted by atomic mass is 35.5. The second-order valence-electron chi connectivity index (χ2n) is 6.57. The van der Waals surface area contributed by atoms with Crippen LogP contribution < -0.4 is 10.6 Å². The van der Waals surface area contributed by atoms with Crippen LogP contribution in [-0.4, -0.2) is 18.4 Å². The van der Waals surface area contributed by atoms with Crippen molar-refractivity contribution in [2.45, 2.75) is 46.6 Å². The molecule has 23 heavy (non-hydrogen) atoms. The van der Waals surface area contributed by atoms with Crippen LogP contribution in [0.25, 0.3) is 0 Å². The Bertz CT molecular complexity index is 568. The van der Waals surface area contributed by atoms with Gasteiger partial charge in [0.2, 0.25) is 11.8 Å². The summed E-state index contributed by atoms with van der Waals surface area (Å²) in [4.78, 5) is 23.6. The molecular weight excluding hydrogens is 335 g/mol. The average Bonchev–Trinajstić information content (AvgIpc) is 2.45. The quantitative estimate of drug-likeness (QED) is 0.751. The highest BCUT2D eigenvalue weighted by Gasteiger charge is 2.20. The maximum absolute atomic E-state index is 11.9. The van der Waals surface area contributed by atoms with E-state index in [1.165, 1.54) is 0 Å². The number of amides is 2. The Labute approximate surface area is 147 Å². The third-order valence-corrected chi connectivity index (χ3v) is 4.11. The van der Waals surface area contributed by atoms with Crippen molar-refractivity contribution >= 4 is 35.0 Å². The lowest BCUT2D eigenvalue weighted by molar-refractivity contribution is -0.128. The zero-order valence-electron chi connectivity index (χ0n) is 14.0. The van der Waals surface area contributed by atoms with E-state index in [1.54, 1.807) is 12.1 Å². The summed E-state index contributed by atoms with van der Waals surface area (Å²) in [5, 5.41) is 6.69. The summed E-state index contributed by atoms with van der Waals surface area (Å²) in [6.07, 6.45) is 0.956. The third kappa shape index (κ3) is 6.80. The van der Waals surface area contributed by atoms with Crippen LogP contribution in [0.5, 0.6) is 0 Å². The molecule has 1 aromatic carbocycles. The summed E-state index contributed by atoms with van der Waals surface area (Å²) in [5.74, 6) is -0.0735. The van der Waals surface area contributed by atoms with E-state index < -0.39 is 5.41 Å². The average molecular weight is 359 g/mol. The van der Waals surface area contributed by atoms with E-state index in [4.69, 9.17) is 23.2 Å². The van der Waals surface area contributed by atoms with Gasteiger partial charge in [0.25, 0.3) is 0 Å². The van der Waals surface area contributed by atoms with E-state index >= 15 is 0 Å². The molecule has 1 unspecified atom stereocenters. The number of benzene rings is 1. The highest BCUT2D eigenvalue weighted by Crippen LogP contribution is 2.25. The zero-order valence-corrected chi connectivity index (χ0v) is 15.5. The molecule has 2 amide bonds. The van der Waals surface area contributed by atoms with Gasteiger partial charge in [-0.1, -0.05) is 50.0 Å². The van der Waals surface area contributed by atoms with Crippen molar-refractivity contribution in [2.24, 2.45) is 5.41 Å². The van der Waals surface area contributed by atoms with Gasteiger partial charge in [0.1, 0.15) is 0 Å². The summed E-state index contributed by atoms with van der Waals surface area (Å²) < 4.78 is 0. The lowest BCUT2D eigenvalue weighted by Crippen LogP contribution is -2.36. The summed E-state index contributed by atoms with van der Waals surface area (Å²) in [7, 11) is 0. The lowest BCUT2D eigenvalue weighted by atomic mass is 9.96. The summed E-state index contributed by atoms with van der Waals surface area (Å²) >= 11 is 11.9. The SMILES string of the molecule is CC(NC(=O)CCCNC(=O)C(C)(C)C)c1ccc(Cl)c(Cl)c1. The number of carbonyl (C=O) groups excluding carboxylic acids is 2. The topological polar surface area (TPSA) is 58.2 Å². The molecule has 1 aromatic rings. The van der Waals surface area contributed by atoms with Gasteiger partial charge in [0, 0.05) is 18.4 Å². The summed E-state index contributed by atoms with van der Waals surface area (Å²) in [5.41, 5.74) is 0.485. The fourth-order valence-electron chi connectivity index (χ4n) is 1.89. The first-order valence-electron chi connectivity index (χ1n) is 7.64. The van der Waals surface area contributed by atoms with Crippen molar-refractivity contribution in [3.8, 4) is 0 Å². The Kier molecular flexibility index (Phi) is 7.36. The van der Waals surface area contributed by atoms with Gasteiger partial charge < -0.3 is 10.6 Å². The Morgan fingerprint density at radius 1 is 1.17 bits per heavy atom. The van der Waals surface area contributed by atoms with Gasteiger partial charge in [-0.2, -0.15) is 0 Å². The van der Waals surface area contributed by atoms with Crippen LogP contribution in [0.4, 0.5) is 0 Å². The van der Waals surface area contributed by atoms with Gasteiger partial charge >= 0.3 is 0 Å². The molecule has 0 saturated carbocycles. The molecule has 2 N–H and O–H groups in total. The van der Waals surface area contributed by atoms with Gasteiger partial charge in [0.15, 0.2) is 0 Å². The molecule has 0 aromatic heterocycles. The van der Waals surface area contributed by atoms with Crippen LogP contribution in [0, 0.1) is 5.41 Å². The normalized spacial score (nSPS) is 12.6. The molecule has 0 aliphatic carbocycles. The van der Waals surface area contributed by atoms with Crippen LogP contribution >= 0.6 is 23.2 Å². The standard InChI is InChI=1S/C17H24Cl2N2O2/c1-11(12-7-8-13(18)14(19)10-12)21-15(22)6-5-9-20-16(23)17(2,3)4/h7-8,10-11H,5-6,9H2,1-4H3,(H,20,23)(H,21,22). The number of nitrogens with one attached hydrogen (secondary N) is 2. The van der Waals surface area contributed by atoms with Crippen LogP contribution in [0.2, 0.25) is 10.0 Å². The van der Waals surface area contributed by atoms with Crippen LogP contribution in [-0.2, 0) is 9.59 Å². The van der Waals surface area contributed by atoms with Crippen LogP contribution in [0.1, 0.15) is 52.1 Å². The fraction of sp³-hybridized carbons (Fsp3) is 0.529. The first-order chi connectivity index (χ1) is 10.6. The molecule has 0 saturated heterocycles. The lowest BCUT2D eigenvalue weighted by Gasteiger charge is -2.18. The molecule has 1 rings (SSSR count). The van der Waals surface area contributed by atoms with Gasteiger partial charge in [-0.05, 0) is 31.0 Å². The maximum atomic E-state index is 11.9. The van der Waals surface area contributed by atoms with E-state index in [-0.39, 0.29) is 17.9 Å². The van der Waals surface area contributed by atoms with E-state index in [0.717, 1.165) is 5.56 Å². The predicted molar refractivity (Wildman–Crippen MR) is 94.7 cm³/mol. The minimum Gasteiger partial charge on any atom is -0.356 e. The van der Waals surface area contributed by atoms with Crippen LogP contribution in [0.3, 0.4) is 0 Å². The number of halogens is 2. The zero-order chi connectivity index (χ0) is 17.6. The molecule has 0 heterocycles. The van der Waals surface area contributed by atoms with Crippen molar-refractivity contribution in [2.75, 3.05) is 6.54 Å². The maximum Gasteiger partial charge on any atom is 0.225 e. The molecule has 0 aliphatic rings. The Morgan fingerprint density at radius 2 is 1.83 bits per heavy atom. The van der Waals surface area contributed by atoms with Crippen LogP contribution in [0.15, 0.2) is 18.2 Å². The minimum atomic E-state index is -0.412. The Morgan fingerprint density at radius 3 is 2.39 bits per heavy atom. The van der Waals surface area contributed by atoms with E-state index in [2.05, 4.69) is 10.6 Å². The second-order valence-corrected chi connectivity index (χ2v) is 7.39. The largest absolute Gasteiger partial charge is 0.356 e. The van der Waals surface area contributed by atoms with Crippen molar-refractivity contribution in [1.82, 2.24) is 10.6 Å². The summed E-state index contributed by atoms with van der Waals surface area (Å²) in [6.45, 7) is 7.94. The molecule has 0 fully saturated rings. The third-order valence-electron chi connectivity index (χ3n) is 3.37. The van der Waals surface area contributed by atoms with Gasteiger partial charge in [-0.25, -0.2) is 0 Å². The molecule has 0 bridgehead atoms. The Hall–Kier alpha value is -1.26. The Balaban J connectivity index is 2.36. The summed E-state index contributed by atoms with van der Waals surface area (Å²) in [6, 6.07) is 5.15. The number of rotatable bonds is 6. The van der Waals surface area contributed by atoms with E-state index in [1.807, 2.05) is 33.8 Å². The van der Waals surface area contributed by atoms with E-state index in [0.29, 0.717) is 29.4 Å². The fourth-order valence-corrected chi connectivity index (χ4v) is 2.20. The first-order valence-corrected chi connectivity index (χ1v) is 8.39. The number of hydrogen-bond acceptors (Lipinski definition) is 2. The molecule has 0 spiro atoms. The molecule has 128 valence electrons. The predicted octanol–water partition coefficient (Wildman–Crippen LogP) is 4.11. The van der Waals surface area contributed by atoms with Gasteiger partial charge in [-0.3, -0.25) is 9.59 Å². The van der Waals surface area contributed by atoms with Crippen molar-refractivity contribution < 1.29 is 9.59 Å². The smallest absolute Gasteiger partial charge is 0.225 e. The van der Waals surface area contributed by atoms with Gasteiger partial charge in [-0.15, -0.1) is 0 Å². The molecule has 4 nitrogen and oxygen atoms in total. The first kappa shape index (κ1) is 19.8. The monoisotopic (exact) mass is 358 g/mol. The second kappa shape index (κ2) is 8.55. The molecular formula is C17H24Cl2N2O2. The highest BCUT2D eigenvalue weighted by molar-refractivity contribution is 6.42. The van der Waals surface area contributed by atoms with Crippen molar-refractivity contribution in [3.63, 3.8) is 0 Å². The number of hydrogen-bond donors (Lipinski definition) is 2. The molecule has 6 heteroatoms. The van der Waals surface area contributed by atoms with Gasteiger partial charge in [0.05, 0.1) is 16.1 Å².